The summed E-state index contributed by atoms with van der Waals surface area (Å²) < 4.78 is 0. The first-order valence-corrected chi connectivity index (χ1v) is 3.33. The van der Waals surface area contributed by atoms with Gasteiger partial charge < -0.3 is 55.1 Å². The van der Waals surface area contributed by atoms with Crippen LogP contribution in [0, 0.1) is 0 Å². The normalized spacial score (nSPS) is 15.8. The smallest absolute Gasteiger partial charge is 1.00 e. The molecule has 16 heavy (non-hydrogen) atoms. The second-order valence-electron chi connectivity index (χ2n) is 2.36. The van der Waals surface area contributed by atoms with Gasteiger partial charge in [-0.1, -0.05) is 0 Å². The average Bonchev–Trinajstić information content (AvgIpc) is 2.12. The van der Waals surface area contributed by atoms with Crippen molar-refractivity contribution in [2.24, 2.45) is 0 Å². The monoisotopic (exact) mass is 312 g/mol. The minimum absolute atomic E-state index is 0. The van der Waals surface area contributed by atoms with Crippen LogP contribution in [0.4, 0.5) is 0 Å². The van der Waals surface area contributed by atoms with Crippen LogP contribution in [-0.4, -0.2) is 62.8 Å². The standard InChI is InChI=1S/C6H12O6.2ClH.K.Na/c7-1-3(9)5(11)6(12)4(10)2-8;;;;/h1,3-6,8-12H,2H2;2*1H;;/q;;;2*+1/p-2. The number of hydrogen-bond donors (Lipinski definition) is 5. The molecule has 6 nitrogen and oxygen atoms in total. The predicted octanol–water partition coefficient (Wildman–Crippen LogP) is -15.4. The Bertz CT molecular complexity index is 157. The topological polar surface area (TPSA) is 118 Å². The molecule has 0 saturated heterocycles. The van der Waals surface area contributed by atoms with E-state index in [0.717, 1.165) is 0 Å². The summed E-state index contributed by atoms with van der Waals surface area (Å²) in [5.74, 6) is 0. The van der Waals surface area contributed by atoms with Crippen molar-refractivity contribution in [2.75, 3.05) is 6.61 Å². The van der Waals surface area contributed by atoms with E-state index < -0.39 is 31.0 Å². The SMILES string of the molecule is O=CC(O)C(O)C(O)C(O)CO.[Cl-].[Cl-].[K+].[Na+]. The number of aliphatic hydroxyl groups is 5. The molecule has 0 aliphatic carbocycles. The van der Waals surface area contributed by atoms with Gasteiger partial charge in [-0.15, -0.1) is 0 Å². The zero-order chi connectivity index (χ0) is 9.72. The Balaban J connectivity index is -0.000000101. The second-order valence-corrected chi connectivity index (χ2v) is 2.36. The van der Waals surface area contributed by atoms with Crippen molar-refractivity contribution in [2.45, 2.75) is 24.4 Å². The summed E-state index contributed by atoms with van der Waals surface area (Å²) in [6, 6.07) is 0. The third kappa shape index (κ3) is 11.8. The number of aliphatic hydroxyl groups excluding tert-OH is 5. The van der Waals surface area contributed by atoms with Gasteiger partial charge >= 0.3 is 80.9 Å². The van der Waals surface area contributed by atoms with E-state index in [1.165, 1.54) is 0 Å². The molecule has 5 N–H and O–H groups in total. The van der Waals surface area contributed by atoms with Crippen LogP contribution in [0.3, 0.4) is 0 Å². The summed E-state index contributed by atoms with van der Waals surface area (Å²) in [5, 5.41) is 43.5. The van der Waals surface area contributed by atoms with Gasteiger partial charge in [0.05, 0.1) is 6.61 Å². The van der Waals surface area contributed by atoms with Crippen molar-refractivity contribution >= 4 is 6.29 Å². The number of halogens is 2. The van der Waals surface area contributed by atoms with Crippen molar-refractivity contribution in [1.82, 2.24) is 0 Å². The van der Waals surface area contributed by atoms with E-state index in [0.29, 0.717) is 0 Å². The Hall–Kier alpha value is 2.69. The molecule has 0 aromatic heterocycles. The van der Waals surface area contributed by atoms with E-state index in [-0.39, 0.29) is 112 Å². The van der Waals surface area contributed by atoms with Crippen molar-refractivity contribution in [3.63, 3.8) is 0 Å². The zero-order valence-corrected chi connectivity index (χ0v) is 15.6. The van der Waals surface area contributed by atoms with Crippen LogP contribution in [0.25, 0.3) is 0 Å². The summed E-state index contributed by atoms with van der Waals surface area (Å²) in [7, 11) is 0. The van der Waals surface area contributed by atoms with E-state index in [1.54, 1.807) is 0 Å². The molecule has 0 amide bonds. The fraction of sp³-hybridized carbons (Fsp3) is 0.833. The molecule has 0 radical (unpaired) electrons. The second kappa shape index (κ2) is 17.7. The molecule has 0 aliphatic heterocycles. The average molecular weight is 313 g/mol. The van der Waals surface area contributed by atoms with Crippen LogP contribution in [0.5, 0.6) is 0 Å². The van der Waals surface area contributed by atoms with Crippen LogP contribution in [0.2, 0.25) is 0 Å². The van der Waals surface area contributed by atoms with Crippen molar-refractivity contribution in [3.05, 3.63) is 0 Å². The maximum atomic E-state index is 9.90. The van der Waals surface area contributed by atoms with E-state index in [2.05, 4.69) is 0 Å². The third-order valence-electron chi connectivity index (χ3n) is 1.42. The van der Waals surface area contributed by atoms with Gasteiger partial charge in [-0.05, 0) is 0 Å². The Morgan fingerprint density at radius 3 is 1.62 bits per heavy atom. The van der Waals surface area contributed by atoms with E-state index in [4.69, 9.17) is 25.5 Å². The Morgan fingerprint density at radius 2 is 1.38 bits per heavy atom. The molecule has 4 atom stereocenters. The number of carbonyl (C=O) groups is 1. The van der Waals surface area contributed by atoms with Gasteiger partial charge in [-0.2, -0.15) is 0 Å². The van der Waals surface area contributed by atoms with Crippen LogP contribution < -0.4 is 106 Å². The molecule has 10 heteroatoms. The quantitative estimate of drug-likeness (QED) is 0.254. The molecule has 0 aromatic carbocycles. The van der Waals surface area contributed by atoms with Crippen LogP contribution in [-0.2, 0) is 4.79 Å². The van der Waals surface area contributed by atoms with E-state index >= 15 is 0 Å². The molecule has 0 spiro atoms. The van der Waals surface area contributed by atoms with Gasteiger partial charge in [-0.25, -0.2) is 0 Å². The summed E-state index contributed by atoms with van der Waals surface area (Å²) in [4.78, 5) is 9.90. The summed E-state index contributed by atoms with van der Waals surface area (Å²) in [6.07, 6.45) is -6.84. The van der Waals surface area contributed by atoms with Gasteiger partial charge in [0.2, 0.25) is 0 Å². The first-order chi connectivity index (χ1) is 5.54. The number of hydrogen-bond acceptors (Lipinski definition) is 6. The molecule has 0 rings (SSSR count). The van der Waals surface area contributed by atoms with E-state index in [9.17, 15) is 4.79 Å². The molecule has 0 aromatic rings. The molecule has 0 fully saturated rings. The van der Waals surface area contributed by atoms with E-state index in [1.807, 2.05) is 0 Å². The van der Waals surface area contributed by atoms with Gasteiger partial charge in [0, 0.05) is 0 Å². The van der Waals surface area contributed by atoms with Gasteiger partial charge in [0.25, 0.3) is 0 Å². The molecule has 0 heterocycles. The van der Waals surface area contributed by atoms with Crippen LogP contribution in [0.1, 0.15) is 0 Å². The predicted molar refractivity (Wildman–Crippen MR) is 37.2 cm³/mol. The number of rotatable bonds is 5. The first-order valence-electron chi connectivity index (χ1n) is 3.33. The fourth-order valence-corrected chi connectivity index (χ4v) is 0.618. The molecule has 0 bridgehead atoms. The summed E-state index contributed by atoms with van der Waals surface area (Å²) >= 11 is 0. The molecule has 4 unspecified atom stereocenters. The molecule has 0 saturated carbocycles. The van der Waals surface area contributed by atoms with Crippen molar-refractivity contribution < 1.29 is 136 Å². The van der Waals surface area contributed by atoms with Crippen LogP contribution in [0.15, 0.2) is 0 Å². The van der Waals surface area contributed by atoms with Gasteiger partial charge in [-0.3, -0.25) is 0 Å². The maximum Gasteiger partial charge on any atom is 1.00 e. The minimum Gasteiger partial charge on any atom is -1.00 e. The van der Waals surface area contributed by atoms with Gasteiger partial charge in [0.1, 0.15) is 24.4 Å². The summed E-state index contributed by atoms with van der Waals surface area (Å²) in [6.45, 7) is -0.760. The summed E-state index contributed by atoms with van der Waals surface area (Å²) in [5.41, 5.74) is 0. The zero-order valence-electron chi connectivity index (χ0n) is 8.99. The Labute approximate surface area is 170 Å². The number of aldehydes is 1. The molecule has 88 valence electrons. The fourth-order valence-electron chi connectivity index (χ4n) is 0.618. The minimum atomic E-state index is -1.79. The molecular formula is C6H12Cl2KNaO6. The third-order valence-corrected chi connectivity index (χ3v) is 1.42. The van der Waals surface area contributed by atoms with Crippen LogP contribution >= 0.6 is 0 Å². The Morgan fingerprint density at radius 1 is 1.00 bits per heavy atom. The largest absolute Gasteiger partial charge is 1.00 e. The molecule has 0 aliphatic rings. The first kappa shape index (κ1) is 31.2. The number of carbonyl (C=O) groups excluding carboxylic acids is 1. The molecular weight excluding hydrogens is 301 g/mol. The van der Waals surface area contributed by atoms with Crippen molar-refractivity contribution in [1.29, 1.82) is 0 Å². The Kier molecular flexibility index (Phi) is 34.5. The van der Waals surface area contributed by atoms with Crippen molar-refractivity contribution in [3.8, 4) is 0 Å². The maximum absolute atomic E-state index is 9.90. The van der Waals surface area contributed by atoms with Gasteiger partial charge in [0.15, 0.2) is 6.29 Å².